The number of rotatable bonds is 17. The first kappa shape index (κ1) is 39.5. The SMILES string of the molecule is CC(C)CC(NC(=O)C(Cc1ccccc1)NC(=O)c1cnccn1)B1OCCN(CCOC(=O)NC(OP(O)O)OP(O)O)CCO1. The van der Waals surface area contributed by atoms with Gasteiger partial charge in [-0.15, -0.1) is 0 Å². The van der Waals surface area contributed by atoms with Gasteiger partial charge in [0.25, 0.3) is 12.3 Å². The van der Waals surface area contributed by atoms with E-state index in [0.29, 0.717) is 19.5 Å². The van der Waals surface area contributed by atoms with Gasteiger partial charge in [0.2, 0.25) is 5.91 Å². The fourth-order valence-electron chi connectivity index (χ4n) is 4.60. The van der Waals surface area contributed by atoms with E-state index in [1.807, 2.05) is 54.4 Å². The van der Waals surface area contributed by atoms with E-state index in [9.17, 15) is 14.4 Å². The van der Waals surface area contributed by atoms with Gasteiger partial charge < -0.3 is 44.3 Å². The molecule has 0 radical (unpaired) electrons. The largest absolute Gasteiger partial charge is 0.480 e. The highest BCUT2D eigenvalue weighted by Crippen LogP contribution is 2.33. The summed E-state index contributed by atoms with van der Waals surface area (Å²) in [7, 11) is -6.69. The molecule has 21 heteroatoms. The van der Waals surface area contributed by atoms with Crippen molar-refractivity contribution in [3.63, 3.8) is 0 Å². The summed E-state index contributed by atoms with van der Waals surface area (Å²) in [5.41, 5.74) is 0.939. The molecule has 2 heterocycles. The lowest BCUT2D eigenvalue weighted by Gasteiger charge is -2.32. The molecule has 0 aliphatic carbocycles. The maximum absolute atomic E-state index is 13.7. The number of hydrogen-bond acceptors (Lipinski definition) is 15. The van der Waals surface area contributed by atoms with Crippen LogP contribution in [0.5, 0.6) is 0 Å². The summed E-state index contributed by atoms with van der Waals surface area (Å²) >= 11 is 0. The Morgan fingerprint density at radius 1 is 0.979 bits per heavy atom. The first-order valence-electron chi connectivity index (χ1n) is 15.0. The van der Waals surface area contributed by atoms with Crippen molar-refractivity contribution < 1.29 is 57.1 Å². The van der Waals surface area contributed by atoms with Gasteiger partial charge in [-0.2, -0.15) is 0 Å². The van der Waals surface area contributed by atoms with Gasteiger partial charge in [0.1, 0.15) is 18.3 Å². The van der Waals surface area contributed by atoms with E-state index in [1.165, 1.54) is 18.6 Å². The number of aromatic nitrogens is 2. The minimum absolute atomic E-state index is 0.0843. The summed E-state index contributed by atoms with van der Waals surface area (Å²) < 4.78 is 26.1. The number of nitrogens with one attached hydrogen (secondary N) is 3. The number of alkyl carbamates (subject to hydrolysis) is 1. The number of carbonyl (C=O) groups is 3. The van der Waals surface area contributed by atoms with Gasteiger partial charge in [-0.05, 0) is 17.9 Å². The zero-order valence-corrected chi connectivity index (χ0v) is 28.2. The van der Waals surface area contributed by atoms with Crippen LogP contribution in [0.4, 0.5) is 4.79 Å². The van der Waals surface area contributed by atoms with Crippen LogP contribution in [-0.4, -0.2) is 117 Å². The first-order valence-corrected chi connectivity index (χ1v) is 17.3. The van der Waals surface area contributed by atoms with E-state index in [-0.39, 0.29) is 44.4 Å². The van der Waals surface area contributed by atoms with Crippen molar-refractivity contribution in [1.29, 1.82) is 0 Å². The van der Waals surface area contributed by atoms with Crippen LogP contribution in [0, 0.1) is 5.92 Å². The predicted octanol–water partition coefficient (Wildman–Crippen LogP) is 0.191. The first-order chi connectivity index (χ1) is 23.0. The molecule has 0 spiro atoms. The van der Waals surface area contributed by atoms with Gasteiger partial charge in [-0.3, -0.25) is 33.8 Å². The van der Waals surface area contributed by atoms with Gasteiger partial charge in [0, 0.05) is 51.7 Å². The molecule has 1 aliphatic rings. The lowest BCUT2D eigenvalue weighted by atomic mass is 9.73. The second-order valence-electron chi connectivity index (χ2n) is 10.8. The Bertz CT molecular complexity index is 1240. The zero-order valence-electron chi connectivity index (χ0n) is 26.5. The topological polar surface area (TPSA) is 243 Å². The van der Waals surface area contributed by atoms with Crippen LogP contribution < -0.4 is 16.0 Å². The second kappa shape index (κ2) is 21.2. The van der Waals surface area contributed by atoms with Crippen molar-refractivity contribution in [2.75, 3.05) is 39.5 Å². The highest BCUT2D eigenvalue weighted by atomic mass is 31.2. The lowest BCUT2D eigenvalue weighted by Crippen LogP contribution is -2.57. The van der Waals surface area contributed by atoms with Gasteiger partial charge in [0.05, 0.1) is 12.1 Å². The maximum Gasteiger partial charge on any atom is 0.480 e. The number of benzene rings is 1. The van der Waals surface area contributed by atoms with Gasteiger partial charge in [0.15, 0.2) is 0 Å². The van der Waals surface area contributed by atoms with Crippen molar-refractivity contribution in [3.05, 3.63) is 60.2 Å². The van der Waals surface area contributed by atoms with Crippen LogP contribution >= 0.6 is 17.2 Å². The van der Waals surface area contributed by atoms with Crippen LogP contribution in [0.15, 0.2) is 48.9 Å². The fraction of sp³-hybridized carbons (Fsp3) is 0.519. The standard InChI is InChI=1S/C27H41BN6O12P2/c1-19(2)16-23(32-24(35)21(17-20-6-4-3-5-7-20)31-25(36)22-18-29-8-9-30-22)28-43-14-11-34(12-15-44-28)10-13-42-26(37)33-27(45-47(38)39)46-48(40)41/h3-9,18-19,21,23,27,38-41H,10-17H2,1-2H3,(H,31,36)(H,32,35)(H,33,37). The number of hydrogen-bond donors (Lipinski definition) is 7. The van der Waals surface area contributed by atoms with Gasteiger partial charge in [-0.25, -0.2) is 9.78 Å². The molecular formula is C27H41BN6O12P2. The molecule has 3 rings (SSSR count). The third-order valence-electron chi connectivity index (χ3n) is 6.72. The molecule has 1 aromatic carbocycles. The molecule has 264 valence electrons. The van der Waals surface area contributed by atoms with Crippen LogP contribution in [-0.2, 0) is 34.3 Å². The Morgan fingerprint density at radius 2 is 1.65 bits per heavy atom. The Kier molecular flexibility index (Phi) is 17.5. The summed E-state index contributed by atoms with van der Waals surface area (Å²) in [4.78, 5) is 84.3. The minimum Gasteiger partial charge on any atom is -0.448 e. The highest BCUT2D eigenvalue weighted by Gasteiger charge is 2.36. The average Bonchev–Trinajstić information content (AvgIpc) is 3.01. The smallest absolute Gasteiger partial charge is 0.448 e. The molecule has 1 aromatic heterocycles. The van der Waals surface area contributed by atoms with E-state index >= 15 is 0 Å². The van der Waals surface area contributed by atoms with Crippen LogP contribution in [0.25, 0.3) is 0 Å². The van der Waals surface area contributed by atoms with E-state index in [0.717, 1.165) is 5.56 Å². The minimum atomic E-state index is -2.96. The molecule has 2 atom stereocenters. The molecule has 0 bridgehead atoms. The average molecular weight is 714 g/mol. The Labute approximate surface area is 280 Å². The Morgan fingerprint density at radius 3 is 2.23 bits per heavy atom. The molecule has 1 saturated heterocycles. The summed E-state index contributed by atoms with van der Waals surface area (Å²) in [5.74, 6) is -1.29. The molecule has 7 N–H and O–H groups in total. The van der Waals surface area contributed by atoms with Crippen LogP contribution in [0.2, 0.25) is 0 Å². The highest BCUT2D eigenvalue weighted by molar-refractivity contribution is 7.40. The second-order valence-corrected chi connectivity index (χ2v) is 12.3. The molecule has 0 saturated carbocycles. The van der Waals surface area contributed by atoms with Crippen molar-refractivity contribution in [2.45, 2.75) is 45.1 Å². The predicted molar refractivity (Wildman–Crippen MR) is 172 cm³/mol. The number of amides is 3. The van der Waals surface area contributed by atoms with Crippen LogP contribution in [0.1, 0.15) is 36.3 Å². The van der Waals surface area contributed by atoms with Gasteiger partial charge >= 0.3 is 30.4 Å². The normalized spacial score (nSPS) is 15.6. The number of carbonyl (C=O) groups excluding carboxylic acids is 3. The summed E-state index contributed by atoms with van der Waals surface area (Å²) in [6.45, 7) is 5.59. The Balaban J connectivity index is 1.55. The molecule has 18 nitrogen and oxygen atoms in total. The number of ether oxygens (including phenoxy) is 1. The molecule has 2 aromatic rings. The molecule has 1 fully saturated rings. The summed E-state index contributed by atoms with van der Waals surface area (Å²) in [5, 5.41) is 7.81. The zero-order chi connectivity index (χ0) is 34.9. The quantitative estimate of drug-likeness (QED) is 0.0657. The van der Waals surface area contributed by atoms with E-state index < -0.39 is 60.6 Å². The molecule has 3 amide bonds. The van der Waals surface area contributed by atoms with E-state index in [4.69, 9.17) is 33.6 Å². The van der Waals surface area contributed by atoms with Crippen molar-refractivity contribution in [1.82, 2.24) is 30.8 Å². The summed E-state index contributed by atoms with van der Waals surface area (Å²) in [6, 6.07) is 8.40. The lowest BCUT2D eigenvalue weighted by molar-refractivity contribution is -0.123. The third-order valence-corrected chi connectivity index (χ3v) is 7.48. The van der Waals surface area contributed by atoms with Crippen molar-refractivity contribution in [2.24, 2.45) is 5.92 Å². The van der Waals surface area contributed by atoms with Gasteiger partial charge in [-0.1, -0.05) is 44.2 Å². The molecule has 2 unspecified atom stereocenters. The fourth-order valence-corrected chi connectivity index (χ4v) is 5.20. The summed E-state index contributed by atoms with van der Waals surface area (Å²) in [6.07, 6.45) is 2.05. The van der Waals surface area contributed by atoms with E-state index in [1.54, 1.807) is 0 Å². The number of nitrogens with zero attached hydrogens (tertiary/aromatic N) is 3. The maximum atomic E-state index is 13.7. The molecular weight excluding hydrogens is 673 g/mol. The molecule has 1 aliphatic heterocycles. The monoisotopic (exact) mass is 714 g/mol. The third kappa shape index (κ3) is 15.1. The molecule has 48 heavy (non-hydrogen) atoms. The van der Waals surface area contributed by atoms with Crippen LogP contribution in [0.3, 0.4) is 0 Å². The Hall–Kier alpha value is -2.93. The van der Waals surface area contributed by atoms with E-state index in [2.05, 4.69) is 29.6 Å². The van der Waals surface area contributed by atoms with Crippen molar-refractivity contribution in [3.8, 4) is 0 Å². The van der Waals surface area contributed by atoms with Crippen molar-refractivity contribution >= 4 is 42.2 Å².